The molecular weight excluding hydrogens is 330 g/mol. The molecule has 0 unspecified atom stereocenters. The predicted molar refractivity (Wildman–Crippen MR) is 69.0 cm³/mol. The molecule has 6 heteroatoms. The summed E-state index contributed by atoms with van der Waals surface area (Å²) in [5, 5.41) is 0.438. The van der Waals surface area contributed by atoms with E-state index in [1.165, 1.54) is 6.07 Å². The maximum Gasteiger partial charge on any atom is 0.148 e. The summed E-state index contributed by atoms with van der Waals surface area (Å²) in [4.78, 5) is 8.05. The van der Waals surface area contributed by atoms with Crippen molar-refractivity contribution in [2.75, 3.05) is 0 Å². The Kier molecular flexibility index (Phi) is 3.97. The highest BCUT2D eigenvalue weighted by atomic mass is 79.9. The zero-order chi connectivity index (χ0) is 12.4. The van der Waals surface area contributed by atoms with Crippen LogP contribution >= 0.6 is 39.1 Å². The molecule has 0 aliphatic heterocycles. The van der Waals surface area contributed by atoms with Gasteiger partial charge in [-0.2, -0.15) is 0 Å². The summed E-state index contributed by atoms with van der Waals surface area (Å²) in [6.45, 7) is 0. The zero-order valence-corrected chi connectivity index (χ0v) is 11.5. The lowest BCUT2D eigenvalue weighted by molar-refractivity contribution is 0.612. The second kappa shape index (κ2) is 5.29. The molecule has 0 saturated carbocycles. The maximum atomic E-state index is 13.4. The topological polar surface area (TPSA) is 25.8 Å². The second-order valence-electron chi connectivity index (χ2n) is 3.30. The summed E-state index contributed by atoms with van der Waals surface area (Å²) >= 11 is 14.8. The number of rotatable bonds is 2. The van der Waals surface area contributed by atoms with Crippen LogP contribution in [0.3, 0.4) is 0 Å². The molecule has 0 aliphatic carbocycles. The average Bonchev–Trinajstić information content (AvgIpc) is 2.29. The molecule has 1 aromatic heterocycles. The molecule has 0 atom stereocenters. The third kappa shape index (κ3) is 2.94. The van der Waals surface area contributed by atoms with Gasteiger partial charge < -0.3 is 0 Å². The molecule has 0 amide bonds. The molecule has 0 N–H and O–H groups in total. The molecule has 0 spiro atoms. The molecule has 2 aromatic rings. The first kappa shape index (κ1) is 12.7. The van der Waals surface area contributed by atoms with Crippen LogP contribution in [0.1, 0.15) is 11.4 Å². The fourth-order valence-corrected chi connectivity index (χ4v) is 1.93. The second-order valence-corrected chi connectivity index (χ2v) is 4.81. The van der Waals surface area contributed by atoms with Gasteiger partial charge in [-0.25, -0.2) is 14.4 Å². The van der Waals surface area contributed by atoms with E-state index in [1.807, 2.05) is 0 Å². The normalized spacial score (nSPS) is 10.6. The standard InChI is InChI=1S/C11H6BrCl2FN2/c12-9-10(13)16-8(17-11(9)14)5-6-3-1-2-4-7(6)15/h1-4H,5H2. The zero-order valence-electron chi connectivity index (χ0n) is 8.42. The molecule has 88 valence electrons. The molecule has 0 saturated heterocycles. The van der Waals surface area contributed by atoms with Gasteiger partial charge in [-0.05, 0) is 27.6 Å². The van der Waals surface area contributed by atoms with Crippen LogP contribution in [0.2, 0.25) is 10.3 Å². The lowest BCUT2D eigenvalue weighted by Crippen LogP contribution is -2.00. The summed E-state index contributed by atoms with van der Waals surface area (Å²) in [6, 6.07) is 6.43. The van der Waals surface area contributed by atoms with Crippen LogP contribution < -0.4 is 0 Å². The van der Waals surface area contributed by atoms with Crippen LogP contribution in [0.25, 0.3) is 0 Å². The summed E-state index contributed by atoms with van der Waals surface area (Å²) < 4.78 is 13.9. The van der Waals surface area contributed by atoms with Gasteiger partial charge in [0.2, 0.25) is 0 Å². The van der Waals surface area contributed by atoms with E-state index in [0.29, 0.717) is 15.9 Å². The molecular formula is C11H6BrCl2FN2. The third-order valence-electron chi connectivity index (χ3n) is 2.12. The van der Waals surface area contributed by atoms with Crippen molar-refractivity contribution in [1.29, 1.82) is 0 Å². The van der Waals surface area contributed by atoms with Crippen molar-refractivity contribution in [1.82, 2.24) is 9.97 Å². The fourth-order valence-electron chi connectivity index (χ4n) is 1.33. The summed E-state index contributed by atoms with van der Waals surface area (Å²) in [7, 11) is 0. The SMILES string of the molecule is Fc1ccccc1Cc1nc(Cl)c(Br)c(Cl)n1. The first-order valence-electron chi connectivity index (χ1n) is 4.68. The number of nitrogens with zero attached hydrogens (tertiary/aromatic N) is 2. The Morgan fingerprint density at radius 3 is 2.29 bits per heavy atom. The lowest BCUT2D eigenvalue weighted by atomic mass is 10.1. The third-order valence-corrected chi connectivity index (χ3v) is 3.88. The van der Waals surface area contributed by atoms with Crippen LogP contribution in [0.15, 0.2) is 28.7 Å². The molecule has 0 bridgehead atoms. The molecule has 2 rings (SSSR count). The summed E-state index contributed by atoms with van der Waals surface area (Å²) in [5.41, 5.74) is 0.502. The van der Waals surface area contributed by atoms with E-state index in [0.717, 1.165) is 0 Å². The molecule has 1 aromatic carbocycles. The van der Waals surface area contributed by atoms with Gasteiger partial charge in [0.25, 0.3) is 0 Å². The van der Waals surface area contributed by atoms with Crippen molar-refractivity contribution in [3.63, 3.8) is 0 Å². The van der Waals surface area contributed by atoms with Gasteiger partial charge in [-0.3, -0.25) is 0 Å². The predicted octanol–water partition coefficient (Wildman–Crippen LogP) is 4.28. The Morgan fingerprint density at radius 2 is 1.71 bits per heavy atom. The van der Waals surface area contributed by atoms with E-state index < -0.39 is 0 Å². The van der Waals surface area contributed by atoms with Crippen molar-refractivity contribution in [2.24, 2.45) is 0 Å². The molecule has 0 aliphatic rings. The largest absolute Gasteiger partial charge is 0.220 e. The van der Waals surface area contributed by atoms with Crippen LogP contribution in [0, 0.1) is 5.82 Å². The monoisotopic (exact) mass is 334 g/mol. The molecule has 1 heterocycles. The Labute approximate surface area is 116 Å². The minimum Gasteiger partial charge on any atom is -0.220 e. The highest BCUT2D eigenvalue weighted by molar-refractivity contribution is 9.10. The van der Waals surface area contributed by atoms with E-state index >= 15 is 0 Å². The Bertz CT molecular complexity index is 540. The Hall–Kier alpha value is -0.710. The highest BCUT2D eigenvalue weighted by Gasteiger charge is 2.10. The van der Waals surface area contributed by atoms with Crippen LogP contribution in [0.4, 0.5) is 4.39 Å². The first-order chi connectivity index (χ1) is 8.08. The van der Waals surface area contributed by atoms with Gasteiger partial charge in [-0.15, -0.1) is 0 Å². The fraction of sp³-hybridized carbons (Fsp3) is 0.0909. The van der Waals surface area contributed by atoms with E-state index in [4.69, 9.17) is 23.2 Å². The Balaban J connectivity index is 2.34. The number of hydrogen-bond acceptors (Lipinski definition) is 2. The van der Waals surface area contributed by atoms with Crippen LogP contribution in [-0.4, -0.2) is 9.97 Å². The molecule has 0 fully saturated rings. The van der Waals surface area contributed by atoms with Gasteiger partial charge in [0.1, 0.15) is 21.9 Å². The van der Waals surface area contributed by atoms with Gasteiger partial charge in [0.15, 0.2) is 0 Å². The number of hydrogen-bond donors (Lipinski definition) is 0. The average molecular weight is 336 g/mol. The highest BCUT2D eigenvalue weighted by Crippen LogP contribution is 2.27. The minimum absolute atomic E-state index is 0.219. The lowest BCUT2D eigenvalue weighted by Gasteiger charge is -2.04. The number of benzene rings is 1. The Morgan fingerprint density at radius 1 is 1.12 bits per heavy atom. The minimum atomic E-state index is -0.300. The molecule has 2 nitrogen and oxygen atoms in total. The van der Waals surface area contributed by atoms with Crippen molar-refractivity contribution < 1.29 is 4.39 Å². The molecule has 17 heavy (non-hydrogen) atoms. The van der Waals surface area contributed by atoms with Gasteiger partial charge >= 0.3 is 0 Å². The summed E-state index contributed by atoms with van der Waals surface area (Å²) in [5.74, 6) is 0.0829. The molecule has 0 radical (unpaired) electrons. The van der Waals surface area contributed by atoms with Crippen LogP contribution in [0.5, 0.6) is 0 Å². The first-order valence-corrected chi connectivity index (χ1v) is 6.23. The number of aromatic nitrogens is 2. The van der Waals surface area contributed by atoms with Gasteiger partial charge in [0.05, 0.1) is 4.47 Å². The van der Waals surface area contributed by atoms with Gasteiger partial charge in [0, 0.05) is 6.42 Å². The van der Waals surface area contributed by atoms with E-state index in [1.54, 1.807) is 18.2 Å². The van der Waals surface area contributed by atoms with E-state index in [9.17, 15) is 4.39 Å². The van der Waals surface area contributed by atoms with Crippen molar-refractivity contribution in [2.45, 2.75) is 6.42 Å². The van der Waals surface area contributed by atoms with Crippen molar-refractivity contribution in [3.05, 3.63) is 56.2 Å². The van der Waals surface area contributed by atoms with Crippen molar-refractivity contribution in [3.8, 4) is 0 Å². The maximum absolute atomic E-state index is 13.4. The van der Waals surface area contributed by atoms with E-state index in [-0.39, 0.29) is 22.5 Å². The smallest absolute Gasteiger partial charge is 0.148 e. The van der Waals surface area contributed by atoms with Crippen LogP contribution in [-0.2, 0) is 6.42 Å². The number of halogens is 4. The van der Waals surface area contributed by atoms with E-state index in [2.05, 4.69) is 25.9 Å². The van der Waals surface area contributed by atoms with Crippen molar-refractivity contribution >= 4 is 39.1 Å². The summed E-state index contributed by atoms with van der Waals surface area (Å²) in [6.07, 6.45) is 0.249. The van der Waals surface area contributed by atoms with Gasteiger partial charge in [-0.1, -0.05) is 41.4 Å². The quantitative estimate of drug-likeness (QED) is 0.766.